The molecule has 1 aliphatic heterocycles. The van der Waals surface area contributed by atoms with E-state index in [1.54, 1.807) is 60.1 Å². The number of ether oxygens (including phenoxy) is 2. The monoisotopic (exact) mass is 461 g/mol. The second-order valence-corrected chi connectivity index (χ2v) is 10.4. The van der Waals surface area contributed by atoms with Gasteiger partial charge >= 0.3 is 0 Å². The first kappa shape index (κ1) is 23.0. The molecule has 1 heterocycles. The highest BCUT2D eigenvalue weighted by molar-refractivity contribution is 8.21. The number of nitrogens with one attached hydrogen (secondary N) is 1. The molecular formula is C21H23N3O5S2. The fourth-order valence-corrected chi connectivity index (χ4v) is 5.76. The lowest BCUT2D eigenvalue weighted by molar-refractivity contribution is -0.384. The third-order valence-corrected chi connectivity index (χ3v) is 7.80. The molecule has 0 saturated carbocycles. The summed E-state index contributed by atoms with van der Waals surface area (Å²) in [6.45, 7) is 2.32. The molecule has 1 N–H and O–H groups in total. The summed E-state index contributed by atoms with van der Waals surface area (Å²) >= 11 is 3.61. The topological polar surface area (TPSA) is 103 Å². The van der Waals surface area contributed by atoms with Crippen LogP contribution in [-0.2, 0) is 11.4 Å². The molecule has 1 amide bonds. The lowest BCUT2D eigenvalue weighted by Gasteiger charge is -2.19. The van der Waals surface area contributed by atoms with Gasteiger partial charge < -0.3 is 9.47 Å². The van der Waals surface area contributed by atoms with Crippen LogP contribution >= 0.6 is 23.5 Å². The zero-order chi connectivity index (χ0) is 22.3. The summed E-state index contributed by atoms with van der Waals surface area (Å²) in [7, 11) is 1.54. The van der Waals surface area contributed by atoms with E-state index in [-0.39, 0.29) is 22.3 Å². The average molecular weight is 462 g/mol. The van der Waals surface area contributed by atoms with E-state index in [0.717, 1.165) is 22.6 Å². The van der Waals surface area contributed by atoms with E-state index < -0.39 is 4.92 Å². The van der Waals surface area contributed by atoms with Crippen molar-refractivity contribution in [2.75, 3.05) is 18.6 Å². The maximum atomic E-state index is 12.1. The molecule has 8 nitrogen and oxygen atoms in total. The molecule has 0 aromatic heterocycles. The maximum absolute atomic E-state index is 12.1. The number of nitrogens with zero attached hydrogens (tertiary/aromatic N) is 2. The second-order valence-electron chi connectivity index (χ2n) is 6.92. The Morgan fingerprint density at radius 3 is 2.58 bits per heavy atom. The number of nitro groups is 1. The minimum atomic E-state index is -0.441. The van der Waals surface area contributed by atoms with Gasteiger partial charge in [0.15, 0.2) is 11.5 Å². The summed E-state index contributed by atoms with van der Waals surface area (Å²) in [5.41, 5.74) is 4.16. The van der Waals surface area contributed by atoms with Crippen LogP contribution in [0, 0.1) is 10.1 Å². The molecule has 0 bridgehead atoms. The van der Waals surface area contributed by atoms with Gasteiger partial charge in [-0.2, -0.15) is 5.10 Å². The lowest BCUT2D eigenvalue weighted by Crippen LogP contribution is -2.26. The van der Waals surface area contributed by atoms with Crippen LogP contribution < -0.4 is 14.9 Å². The van der Waals surface area contributed by atoms with Crippen LogP contribution in [0.2, 0.25) is 0 Å². The highest BCUT2D eigenvalue weighted by atomic mass is 32.2. The quantitative estimate of drug-likeness (QED) is 0.339. The Kier molecular flexibility index (Phi) is 7.80. The smallest absolute Gasteiger partial charge is 0.269 e. The Bertz CT molecular complexity index is 960. The third kappa shape index (κ3) is 6.63. The summed E-state index contributed by atoms with van der Waals surface area (Å²) < 4.78 is 11.1. The number of rotatable bonds is 9. The van der Waals surface area contributed by atoms with Crippen LogP contribution in [0.15, 0.2) is 47.6 Å². The number of methoxy groups -OCH3 is 1. The van der Waals surface area contributed by atoms with Crippen LogP contribution in [-0.4, -0.2) is 39.7 Å². The van der Waals surface area contributed by atoms with Crippen LogP contribution in [0.1, 0.15) is 24.5 Å². The number of carbonyl (C=O) groups is 1. The first-order chi connectivity index (χ1) is 14.9. The zero-order valence-electron chi connectivity index (χ0n) is 17.2. The van der Waals surface area contributed by atoms with Crippen molar-refractivity contribution in [2.45, 2.75) is 24.0 Å². The fraction of sp³-hybridized carbons (Fsp3) is 0.333. The fourth-order valence-electron chi connectivity index (χ4n) is 2.93. The molecule has 1 aliphatic rings. The Morgan fingerprint density at radius 1 is 1.23 bits per heavy atom. The first-order valence-electron chi connectivity index (χ1n) is 9.52. The van der Waals surface area contributed by atoms with Crippen molar-refractivity contribution in [3.8, 4) is 11.5 Å². The van der Waals surface area contributed by atoms with Gasteiger partial charge in [-0.05, 0) is 48.4 Å². The molecule has 1 saturated heterocycles. The largest absolute Gasteiger partial charge is 0.493 e. The van der Waals surface area contributed by atoms with E-state index in [1.165, 1.54) is 19.2 Å². The Balaban J connectivity index is 1.55. The van der Waals surface area contributed by atoms with Crippen LogP contribution in [0.5, 0.6) is 11.5 Å². The number of non-ortho nitro benzene ring substituents is 1. The van der Waals surface area contributed by atoms with E-state index in [4.69, 9.17) is 9.47 Å². The summed E-state index contributed by atoms with van der Waals surface area (Å²) in [6.07, 6.45) is 1.97. The van der Waals surface area contributed by atoms with Gasteiger partial charge in [0.2, 0.25) is 5.91 Å². The number of benzene rings is 2. The van der Waals surface area contributed by atoms with E-state index >= 15 is 0 Å². The number of nitro benzene ring substituents is 1. The molecule has 3 rings (SSSR count). The molecule has 2 aromatic rings. The van der Waals surface area contributed by atoms with E-state index in [0.29, 0.717) is 17.9 Å². The van der Waals surface area contributed by atoms with Crippen LogP contribution in [0.4, 0.5) is 5.69 Å². The van der Waals surface area contributed by atoms with Crippen molar-refractivity contribution in [1.29, 1.82) is 0 Å². The SMILES string of the molecule is COc1cc(/C=N\NC(=O)CC2(C)SCCS2)ccc1OCc1ccc([N+](=O)[O-])cc1. The number of thioether (sulfide) groups is 2. The molecule has 0 unspecified atom stereocenters. The lowest BCUT2D eigenvalue weighted by atomic mass is 10.2. The Morgan fingerprint density at radius 2 is 1.94 bits per heavy atom. The first-order valence-corrected chi connectivity index (χ1v) is 11.5. The molecule has 1 fully saturated rings. The van der Waals surface area contributed by atoms with Crippen LogP contribution in [0.25, 0.3) is 0 Å². The zero-order valence-corrected chi connectivity index (χ0v) is 18.8. The average Bonchev–Trinajstić information content (AvgIpc) is 3.18. The number of hydrogen-bond donors (Lipinski definition) is 1. The number of carbonyl (C=O) groups excluding carboxylic acids is 1. The molecule has 10 heteroatoms. The van der Waals surface area contributed by atoms with Gasteiger partial charge in [0, 0.05) is 23.6 Å². The molecule has 0 spiro atoms. The molecule has 0 aliphatic carbocycles. The highest BCUT2D eigenvalue weighted by Crippen LogP contribution is 2.45. The van der Waals surface area contributed by atoms with E-state index in [2.05, 4.69) is 17.5 Å². The predicted molar refractivity (Wildman–Crippen MR) is 124 cm³/mol. The van der Waals surface area contributed by atoms with E-state index in [9.17, 15) is 14.9 Å². The van der Waals surface area contributed by atoms with Gasteiger partial charge in [-0.1, -0.05) is 0 Å². The van der Waals surface area contributed by atoms with Gasteiger partial charge in [0.1, 0.15) is 6.61 Å². The molecule has 31 heavy (non-hydrogen) atoms. The number of hydrazone groups is 1. The second kappa shape index (κ2) is 10.5. The molecular weight excluding hydrogens is 438 g/mol. The number of amides is 1. The minimum Gasteiger partial charge on any atom is -0.493 e. The molecule has 2 aromatic carbocycles. The minimum absolute atomic E-state index is 0.0342. The number of hydrogen-bond acceptors (Lipinski definition) is 8. The van der Waals surface area contributed by atoms with Gasteiger partial charge in [-0.15, -0.1) is 23.5 Å². The normalized spacial score (nSPS) is 15.0. The summed E-state index contributed by atoms with van der Waals surface area (Å²) in [5.74, 6) is 3.07. The van der Waals surface area contributed by atoms with Crippen molar-refractivity contribution in [2.24, 2.45) is 5.10 Å². The standard InChI is InChI=1S/C21H23N3O5S2/c1-21(30-9-10-31-21)12-20(25)23-22-13-16-5-8-18(19(11-16)28-2)29-14-15-3-6-17(7-4-15)24(26)27/h3-8,11,13H,9-10,12,14H2,1-2H3,(H,23,25)/b22-13-. The summed E-state index contributed by atoms with van der Waals surface area (Å²) in [6, 6.07) is 11.5. The Labute approximate surface area is 188 Å². The predicted octanol–water partition coefficient (Wildman–Crippen LogP) is 4.22. The van der Waals surface area contributed by atoms with Crippen molar-refractivity contribution in [3.05, 3.63) is 63.7 Å². The van der Waals surface area contributed by atoms with Gasteiger partial charge in [0.05, 0.1) is 28.7 Å². The van der Waals surface area contributed by atoms with Crippen LogP contribution in [0.3, 0.4) is 0 Å². The van der Waals surface area contributed by atoms with Gasteiger partial charge in [-0.3, -0.25) is 14.9 Å². The van der Waals surface area contributed by atoms with Crippen molar-refractivity contribution in [1.82, 2.24) is 5.43 Å². The van der Waals surface area contributed by atoms with Gasteiger partial charge in [-0.25, -0.2) is 5.43 Å². The van der Waals surface area contributed by atoms with Gasteiger partial charge in [0.25, 0.3) is 5.69 Å². The van der Waals surface area contributed by atoms with E-state index in [1.807, 2.05) is 0 Å². The molecule has 164 valence electrons. The third-order valence-electron chi connectivity index (χ3n) is 4.51. The highest BCUT2D eigenvalue weighted by Gasteiger charge is 2.32. The molecule has 0 atom stereocenters. The Hall–Kier alpha value is -2.72. The van der Waals surface area contributed by atoms with Crippen molar-refractivity contribution >= 4 is 41.3 Å². The van der Waals surface area contributed by atoms with Crippen molar-refractivity contribution in [3.63, 3.8) is 0 Å². The maximum Gasteiger partial charge on any atom is 0.269 e. The summed E-state index contributed by atoms with van der Waals surface area (Å²) in [4.78, 5) is 22.4. The van der Waals surface area contributed by atoms with Crippen molar-refractivity contribution < 1.29 is 19.2 Å². The molecule has 0 radical (unpaired) electrons. The summed E-state index contributed by atoms with van der Waals surface area (Å²) in [5, 5.41) is 14.8.